The fourth-order valence-electron chi connectivity index (χ4n) is 1.14. The van der Waals surface area contributed by atoms with E-state index >= 15 is 0 Å². The minimum Gasteiger partial charge on any atom is -0.378 e. The maximum Gasteiger partial charge on any atom is 0.311 e. The van der Waals surface area contributed by atoms with Crippen molar-refractivity contribution in [1.82, 2.24) is 4.98 Å². The predicted octanol–water partition coefficient (Wildman–Crippen LogP) is -0.507. The molecule has 1 heterocycles. The summed E-state index contributed by atoms with van der Waals surface area (Å²) in [5.41, 5.74) is 10.1. The average molecular weight is 225 g/mol. The van der Waals surface area contributed by atoms with E-state index in [1.54, 1.807) is 7.05 Å². The zero-order chi connectivity index (χ0) is 12.3. The van der Waals surface area contributed by atoms with Gasteiger partial charge in [-0.15, -0.1) is 0 Å². The van der Waals surface area contributed by atoms with Crippen LogP contribution in [-0.2, 0) is 4.79 Å². The number of nitrogens with two attached hydrogens (primary N) is 2. The Morgan fingerprint density at radius 2 is 2.25 bits per heavy atom. The van der Waals surface area contributed by atoms with Crippen molar-refractivity contribution in [2.45, 2.75) is 0 Å². The summed E-state index contributed by atoms with van der Waals surface area (Å²) >= 11 is 0. The molecule has 0 spiro atoms. The van der Waals surface area contributed by atoms with E-state index < -0.39 is 10.8 Å². The highest BCUT2D eigenvalue weighted by Gasteiger charge is 2.14. The van der Waals surface area contributed by atoms with Gasteiger partial charge in [-0.3, -0.25) is 14.9 Å². The number of amides is 1. The summed E-state index contributed by atoms with van der Waals surface area (Å²) in [6.45, 7) is -0.0374. The topological polar surface area (TPSA) is 128 Å². The van der Waals surface area contributed by atoms with Gasteiger partial charge in [-0.25, -0.2) is 4.98 Å². The second-order valence-electron chi connectivity index (χ2n) is 3.15. The van der Waals surface area contributed by atoms with Gasteiger partial charge in [-0.05, 0) is 6.07 Å². The first-order chi connectivity index (χ1) is 7.41. The molecule has 0 unspecified atom stereocenters. The Kier molecular flexibility index (Phi) is 3.24. The lowest BCUT2D eigenvalue weighted by atomic mass is 10.3. The van der Waals surface area contributed by atoms with Crippen molar-refractivity contribution in [3.8, 4) is 0 Å². The van der Waals surface area contributed by atoms with Crippen LogP contribution in [0.3, 0.4) is 0 Å². The van der Waals surface area contributed by atoms with Gasteiger partial charge in [0.25, 0.3) is 0 Å². The van der Waals surface area contributed by atoms with Crippen LogP contribution in [0.5, 0.6) is 0 Å². The third kappa shape index (κ3) is 2.56. The number of likely N-dealkylation sites (N-methyl/N-ethyl adjacent to an activating group) is 1. The predicted molar refractivity (Wildman–Crippen MR) is 57.8 cm³/mol. The van der Waals surface area contributed by atoms with Crippen molar-refractivity contribution in [2.75, 3.05) is 24.2 Å². The minimum atomic E-state index is -0.625. The number of nitrogens with zero attached hydrogens (tertiary/aromatic N) is 3. The van der Waals surface area contributed by atoms with Crippen LogP contribution in [-0.4, -0.2) is 29.4 Å². The first-order valence-electron chi connectivity index (χ1n) is 4.32. The van der Waals surface area contributed by atoms with Gasteiger partial charge in [0.15, 0.2) is 0 Å². The van der Waals surface area contributed by atoms with Crippen LogP contribution in [0.25, 0.3) is 0 Å². The Morgan fingerprint density at radius 3 is 2.69 bits per heavy atom. The van der Waals surface area contributed by atoms with E-state index in [2.05, 4.69) is 4.98 Å². The highest BCUT2D eigenvalue weighted by molar-refractivity contribution is 5.79. The number of anilines is 2. The minimum absolute atomic E-state index is 0.0374. The van der Waals surface area contributed by atoms with Crippen molar-refractivity contribution in [3.05, 3.63) is 22.2 Å². The molecule has 0 aliphatic rings. The Balaban J connectivity index is 2.96. The zero-order valence-electron chi connectivity index (χ0n) is 8.58. The number of primary amides is 1. The van der Waals surface area contributed by atoms with E-state index in [9.17, 15) is 14.9 Å². The van der Waals surface area contributed by atoms with Crippen molar-refractivity contribution < 1.29 is 9.72 Å². The van der Waals surface area contributed by atoms with Crippen LogP contribution in [0.2, 0.25) is 0 Å². The molecule has 0 radical (unpaired) electrons. The third-order valence-corrected chi connectivity index (χ3v) is 1.87. The van der Waals surface area contributed by atoms with Crippen molar-refractivity contribution in [3.63, 3.8) is 0 Å². The normalized spacial score (nSPS) is 9.81. The molecule has 1 rings (SSSR count). The molecule has 0 aliphatic heterocycles. The molecule has 1 aromatic heterocycles. The smallest absolute Gasteiger partial charge is 0.311 e. The Bertz CT molecular complexity index is 434. The van der Waals surface area contributed by atoms with Gasteiger partial charge in [0.1, 0.15) is 5.82 Å². The fourth-order valence-corrected chi connectivity index (χ4v) is 1.14. The second-order valence-corrected chi connectivity index (χ2v) is 3.15. The fraction of sp³-hybridized carbons (Fsp3) is 0.250. The number of carbonyl (C=O) groups excluding carboxylic acids is 1. The van der Waals surface area contributed by atoms with Crippen LogP contribution in [0.15, 0.2) is 12.1 Å². The molecular formula is C8H11N5O3. The van der Waals surface area contributed by atoms with Crippen LogP contribution < -0.4 is 16.4 Å². The monoisotopic (exact) mass is 225 g/mol. The molecule has 8 nitrogen and oxygen atoms in total. The van der Waals surface area contributed by atoms with Gasteiger partial charge in [0, 0.05) is 13.1 Å². The number of hydrogen-bond donors (Lipinski definition) is 2. The highest BCUT2D eigenvalue weighted by atomic mass is 16.6. The lowest BCUT2D eigenvalue weighted by Gasteiger charge is -2.15. The molecule has 0 aromatic carbocycles. The van der Waals surface area contributed by atoms with Crippen molar-refractivity contribution in [2.24, 2.45) is 5.73 Å². The van der Waals surface area contributed by atoms with Crippen molar-refractivity contribution in [1.29, 1.82) is 0 Å². The van der Waals surface area contributed by atoms with E-state index in [1.165, 1.54) is 17.0 Å². The number of carbonyl (C=O) groups is 1. The van der Waals surface area contributed by atoms with Crippen LogP contribution >= 0.6 is 0 Å². The molecule has 4 N–H and O–H groups in total. The lowest BCUT2D eigenvalue weighted by Crippen LogP contribution is -2.31. The van der Waals surface area contributed by atoms with Gasteiger partial charge in [-0.1, -0.05) is 0 Å². The van der Waals surface area contributed by atoms with Crippen LogP contribution in [0.4, 0.5) is 17.3 Å². The summed E-state index contributed by atoms with van der Waals surface area (Å²) in [6.07, 6.45) is 0. The molecule has 1 aromatic rings. The third-order valence-electron chi connectivity index (χ3n) is 1.87. The molecule has 1 amide bonds. The van der Waals surface area contributed by atoms with Crippen LogP contribution in [0, 0.1) is 10.1 Å². The van der Waals surface area contributed by atoms with E-state index in [0.29, 0.717) is 5.82 Å². The van der Waals surface area contributed by atoms with Gasteiger partial charge in [0.05, 0.1) is 11.5 Å². The zero-order valence-corrected chi connectivity index (χ0v) is 8.58. The number of nitro groups is 1. The number of pyridine rings is 1. The average Bonchev–Trinajstić information content (AvgIpc) is 2.15. The van der Waals surface area contributed by atoms with Crippen molar-refractivity contribution >= 4 is 23.2 Å². The SMILES string of the molecule is CN(CC(N)=O)c1ccc([N+](=O)[O-])c(N)n1. The van der Waals surface area contributed by atoms with Gasteiger partial charge >= 0.3 is 5.69 Å². The number of hydrogen-bond acceptors (Lipinski definition) is 6. The number of nitrogen functional groups attached to an aromatic ring is 1. The first-order valence-corrected chi connectivity index (χ1v) is 4.32. The molecule has 0 saturated heterocycles. The number of aromatic nitrogens is 1. The molecule has 0 bridgehead atoms. The molecule has 8 heteroatoms. The van der Waals surface area contributed by atoms with Crippen LogP contribution in [0.1, 0.15) is 0 Å². The molecule has 0 aliphatic carbocycles. The van der Waals surface area contributed by atoms with Gasteiger partial charge < -0.3 is 16.4 Å². The summed E-state index contributed by atoms with van der Waals surface area (Å²) in [5.74, 6) is -0.373. The van der Waals surface area contributed by atoms with E-state index in [-0.39, 0.29) is 18.1 Å². The summed E-state index contributed by atoms with van der Waals surface area (Å²) in [7, 11) is 1.58. The molecule has 0 fully saturated rings. The maximum absolute atomic E-state index is 10.7. The van der Waals surface area contributed by atoms with E-state index in [1.807, 2.05) is 0 Å². The van der Waals surface area contributed by atoms with E-state index in [4.69, 9.17) is 11.5 Å². The lowest BCUT2D eigenvalue weighted by molar-refractivity contribution is -0.384. The molecule has 86 valence electrons. The quantitative estimate of drug-likeness (QED) is 0.524. The highest BCUT2D eigenvalue weighted by Crippen LogP contribution is 2.21. The van der Waals surface area contributed by atoms with E-state index in [0.717, 1.165) is 0 Å². The van der Waals surface area contributed by atoms with Gasteiger partial charge in [0.2, 0.25) is 11.7 Å². The second kappa shape index (κ2) is 4.43. The molecular weight excluding hydrogens is 214 g/mol. The Morgan fingerprint density at radius 1 is 1.62 bits per heavy atom. The molecule has 16 heavy (non-hydrogen) atoms. The van der Waals surface area contributed by atoms with Gasteiger partial charge in [-0.2, -0.15) is 0 Å². The number of rotatable bonds is 4. The summed E-state index contributed by atoms with van der Waals surface area (Å²) < 4.78 is 0. The first kappa shape index (κ1) is 11.7. The maximum atomic E-state index is 10.7. The summed E-state index contributed by atoms with van der Waals surface area (Å²) in [5, 5.41) is 10.5. The Hall–Kier alpha value is -2.38. The Labute approximate surface area is 91.0 Å². The standard InChI is InChI=1S/C8H11N5O3/c1-12(4-6(9)14)7-3-2-5(13(15)16)8(10)11-7/h2-3H,4H2,1H3,(H2,9,14)(H2,10,11). The largest absolute Gasteiger partial charge is 0.378 e. The molecule has 0 saturated carbocycles. The molecule has 0 atom stereocenters. The summed E-state index contributed by atoms with van der Waals surface area (Å²) in [4.78, 5) is 25.8. The summed E-state index contributed by atoms with van der Waals surface area (Å²) in [6, 6.07) is 2.63.